The highest BCUT2D eigenvalue weighted by Crippen LogP contribution is 2.47. The maximum absolute atomic E-state index is 13.9. The van der Waals surface area contributed by atoms with E-state index in [0.717, 1.165) is 44.9 Å². The van der Waals surface area contributed by atoms with Crippen LogP contribution in [0.4, 0.5) is 0 Å². The first-order valence-corrected chi connectivity index (χ1v) is 14.1. The van der Waals surface area contributed by atoms with Crippen LogP contribution in [-0.2, 0) is 9.59 Å². The molecule has 5 rings (SSSR count). The van der Waals surface area contributed by atoms with Gasteiger partial charge in [-0.25, -0.2) is 0 Å². The van der Waals surface area contributed by atoms with Crippen LogP contribution in [0.5, 0.6) is 5.75 Å². The topological polar surface area (TPSA) is 115 Å². The van der Waals surface area contributed by atoms with E-state index in [1.807, 2.05) is 0 Å². The lowest BCUT2D eigenvalue weighted by Crippen LogP contribution is -2.49. The zero-order valence-corrected chi connectivity index (χ0v) is 22.6. The number of H-pyrrole nitrogens is 1. The Bertz CT molecular complexity index is 1280. The molecule has 2 N–H and O–H groups in total. The number of nitriles is 1. The number of likely N-dealkylation sites (tertiary alicyclic amines) is 1. The molecule has 2 heterocycles. The molecular weight excluding hydrogens is 504 g/mol. The molecule has 202 valence electrons. The number of ketones is 1. The Kier molecular flexibility index (Phi) is 7.67. The van der Waals surface area contributed by atoms with E-state index in [0.29, 0.717) is 53.2 Å². The van der Waals surface area contributed by atoms with Gasteiger partial charge < -0.3 is 19.9 Å². The normalized spacial score (nSPS) is 23.8. The second kappa shape index (κ2) is 11.0. The van der Waals surface area contributed by atoms with Crippen LogP contribution in [0.25, 0.3) is 10.9 Å². The Labute approximate surface area is 228 Å². The molecule has 8 nitrogen and oxygen atoms in total. The summed E-state index contributed by atoms with van der Waals surface area (Å²) in [6, 6.07) is 5.96. The SMILES string of the molecule is COc1ccc(Cl)c2[nH]c(C(=O)N3CC4(CCCCC4)CC3C(=O)N[C@H](C#N)C[C@@H]3CCCCC3=O)cc12. The second-order valence-corrected chi connectivity index (χ2v) is 11.7. The fourth-order valence-electron chi connectivity index (χ4n) is 6.78. The van der Waals surface area contributed by atoms with Gasteiger partial charge >= 0.3 is 0 Å². The summed E-state index contributed by atoms with van der Waals surface area (Å²) < 4.78 is 5.45. The van der Waals surface area contributed by atoms with Crippen molar-refractivity contribution in [1.82, 2.24) is 15.2 Å². The molecule has 1 unspecified atom stereocenters. The Morgan fingerprint density at radius 1 is 1.26 bits per heavy atom. The zero-order valence-electron chi connectivity index (χ0n) is 21.9. The van der Waals surface area contributed by atoms with Gasteiger partial charge in [0.1, 0.15) is 29.3 Å². The molecule has 2 amide bonds. The number of fused-ring (bicyclic) bond motifs is 1. The lowest BCUT2D eigenvalue weighted by atomic mass is 9.72. The highest BCUT2D eigenvalue weighted by atomic mass is 35.5. The Hall–Kier alpha value is -3.05. The van der Waals surface area contributed by atoms with E-state index in [1.165, 1.54) is 6.42 Å². The van der Waals surface area contributed by atoms with E-state index in [9.17, 15) is 19.6 Å². The first-order chi connectivity index (χ1) is 18.3. The van der Waals surface area contributed by atoms with Crippen molar-refractivity contribution in [3.05, 3.63) is 28.9 Å². The lowest BCUT2D eigenvalue weighted by molar-refractivity contribution is -0.127. The number of aromatic amines is 1. The molecular formula is C29H35ClN4O4. The largest absolute Gasteiger partial charge is 0.496 e. The van der Waals surface area contributed by atoms with Crippen molar-refractivity contribution in [2.24, 2.45) is 11.3 Å². The summed E-state index contributed by atoms with van der Waals surface area (Å²) in [7, 11) is 1.57. The van der Waals surface area contributed by atoms with Gasteiger partial charge in [0.2, 0.25) is 5.91 Å². The van der Waals surface area contributed by atoms with Crippen molar-refractivity contribution in [2.75, 3.05) is 13.7 Å². The lowest BCUT2D eigenvalue weighted by Gasteiger charge is -2.32. The number of ether oxygens (including phenoxy) is 1. The van der Waals surface area contributed by atoms with Crippen molar-refractivity contribution in [1.29, 1.82) is 5.26 Å². The Morgan fingerprint density at radius 3 is 2.76 bits per heavy atom. The number of aromatic nitrogens is 1. The first kappa shape index (κ1) is 26.6. The van der Waals surface area contributed by atoms with E-state index < -0.39 is 12.1 Å². The number of Topliss-reactive ketones (excluding diaryl/α,β-unsaturated/α-hetero) is 1. The van der Waals surface area contributed by atoms with Crippen molar-refractivity contribution in [3.63, 3.8) is 0 Å². The van der Waals surface area contributed by atoms with Gasteiger partial charge in [-0.05, 0) is 62.1 Å². The number of carbonyl (C=O) groups is 3. The van der Waals surface area contributed by atoms with Gasteiger partial charge in [-0.3, -0.25) is 14.4 Å². The summed E-state index contributed by atoms with van der Waals surface area (Å²) in [5.41, 5.74) is 0.865. The standard InChI is InChI=1S/C29H35ClN4O4/c1-38-25-10-9-21(30)26-20(25)14-22(33-26)28(37)34-17-29(11-5-2-6-12-29)15-23(34)27(36)32-19(16-31)13-18-7-3-4-8-24(18)35/h9-10,14,18-19,23,33H,2-8,11-13,15,17H2,1H3,(H,32,36)/t18-,19-,23?/m0/s1. The minimum Gasteiger partial charge on any atom is -0.496 e. The van der Waals surface area contributed by atoms with Gasteiger partial charge in [0.15, 0.2) is 0 Å². The van der Waals surface area contributed by atoms with Crippen molar-refractivity contribution < 1.29 is 19.1 Å². The van der Waals surface area contributed by atoms with Crippen LogP contribution in [0, 0.1) is 22.7 Å². The molecule has 9 heteroatoms. The number of hydrogen-bond donors (Lipinski definition) is 2. The molecule has 1 aromatic carbocycles. The number of benzene rings is 1. The monoisotopic (exact) mass is 538 g/mol. The van der Waals surface area contributed by atoms with E-state index >= 15 is 0 Å². The highest BCUT2D eigenvalue weighted by Gasteiger charge is 2.49. The van der Waals surface area contributed by atoms with E-state index in [-0.39, 0.29) is 28.9 Å². The van der Waals surface area contributed by atoms with Crippen LogP contribution in [0.1, 0.15) is 81.1 Å². The molecule has 0 bridgehead atoms. The van der Waals surface area contributed by atoms with Crippen molar-refractivity contribution in [3.8, 4) is 11.8 Å². The number of methoxy groups -OCH3 is 1. The number of nitrogens with one attached hydrogen (secondary N) is 2. The maximum Gasteiger partial charge on any atom is 0.271 e. The molecule has 1 aromatic heterocycles. The first-order valence-electron chi connectivity index (χ1n) is 13.7. The molecule has 3 fully saturated rings. The summed E-state index contributed by atoms with van der Waals surface area (Å²) in [6.45, 7) is 0.502. The molecule has 1 aliphatic heterocycles. The van der Waals surface area contributed by atoms with Gasteiger partial charge in [0.25, 0.3) is 5.91 Å². The minimum absolute atomic E-state index is 0.0985. The number of hydrogen-bond acceptors (Lipinski definition) is 5. The van der Waals surface area contributed by atoms with Crippen LogP contribution in [-0.4, -0.2) is 53.2 Å². The molecule has 1 spiro atoms. The fourth-order valence-corrected chi connectivity index (χ4v) is 6.99. The average Bonchev–Trinajstić information content (AvgIpc) is 3.53. The summed E-state index contributed by atoms with van der Waals surface area (Å²) in [6.07, 6.45) is 9.36. The summed E-state index contributed by atoms with van der Waals surface area (Å²) in [5, 5.41) is 13.9. The zero-order chi connectivity index (χ0) is 26.9. The smallest absolute Gasteiger partial charge is 0.271 e. The summed E-state index contributed by atoms with van der Waals surface area (Å²) in [5.74, 6) is 0.0109. The van der Waals surface area contributed by atoms with Crippen LogP contribution in [0.3, 0.4) is 0 Å². The number of rotatable bonds is 6. The molecule has 2 aliphatic carbocycles. The van der Waals surface area contributed by atoms with Crippen molar-refractivity contribution in [2.45, 2.75) is 82.7 Å². The molecule has 1 saturated heterocycles. The quantitative estimate of drug-likeness (QED) is 0.527. The molecule has 3 aliphatic rings. The third-order valence-corrected chi connectivity index (χ3v) is 9.13. The van der Waals surface area contributed by atoms with E-state index in [4.69, 9.17) is 16.3 Å². The number of halogens is 1. The molecule has 2 saturated carbocycles. The Balaban J connectivity index is 1.39. The van der Waals surface area contributed by atoms with Crippen LogP contribution in [0.15, 0.2) is 18.2 Å². The third-order valence-electron chi connectivity index (χ3n) is 8.81. The predicted molar refractivity (Wildman–Crippen MR) is 144 cm³/mol. The molecule has 3 atom stereocenters. The second-order valence-electron chi connectivity index (χ2n) is 11.3. The highest BCUT2D eigenvalue weighted by molar-refractivity contribution is 6.35. The van der Waals surface area contributed by atoms with E-state index in [1.54, 1.807) is 30.2 Å². The summed E-state index contributed by atoms with van der Waals surface area (Å²) >= 11 is 6.39. The fraction of sp³-hybridized carbons (Fsp3) is 0.586. The number of carbonyl (C=O) groups excluding carboxylic acids is 3. The molecule has 0 radical (unpaired) electrons. The van der Waals surface area contributed by atoms with Crippen LogP contribution in [0.2, 0.25) is 5.02 Å². The van der Waals surface area contributed by atoms with E-state index in [2.05, 4.69) is 16.4 Å². The number of amides is 2. The maximum atomic E-state index is 13.9. The van der Waals surface area contributed by atoms with Gasteiger partial charge in [-0.2, -0.15) is 5.26 Å². The third kappa shape index (κ3) is 5.13. The average molecular weight is 539 g/mol. The number of nitrogens with zero attached hydrogens (tertiary/aromatic N) is 2. The van der Waals surface area contributed by atoms with Crippen molar-refractivity contribution >= 4 is 40.1 Å². The molecule has 38 heavy (non-hydrogen) atoms. The van der Waals surface area contributed by atoms with Gasteiger partial charge in [-0.1, -0.05) is 37.3 Å². The Morgan fingerprint density at radius 2 is 2.05 bits per heavy atom. The predicted octanol–water partition coefficient (Wildman–Crippen LogP) is 5.15. The van der Waals surface area contributed by atoms with Gasteiger partial charge in [-0.15, -0.1) is 0 Å². The minimum atomic E-state index is -0.759. The van der Waals surface area contributed by atoms with Gasteiger partial charge in [0, 0.05) is 24.3 Å². The summed E-state index contributed by atoms with van der Waals surface area (Å²) in [4.78, 5) is 44.7. The van der Waals surface area contributed by atoms with Crippen LogP contribution < -0.4 is 10.1 Å². The van der Waals surface area contributed by atoms with Gasteiger partial charge in [0.05, 0.1) is 23.7 Å². The molecule has 2 aromatic rings. The van der Waals surface area contributed by atoms with Crippen LogP contribution >= 0.6 is 11.6 Å².